The van der Waals surface area contributed by atoms with Gasteiger partial charge in [0, 0.05) is 13.1 Å². The highest BCUT2D eigenvalue weighted by Gasteiger charge is 2.07. The lowest BCUT2D eigenvalue weighted by Gasteiger charge is -2.15. The predicted molar refractivity (Wildman–Crippen MR) is 72.2 cm³/mol. The summed E-state index contributed by atoms with van der Waals surface area (Å²) in [5.41, 5.74) is 1.11. The molecule has 0 unspecified atom stereocenters. The number of aliphatic hydroxyl groups excluding tert-OH is 1. The van der Waals surface area contributed by atoms with Gasteiger partial charge in [0.25, 0.3) is 0 Å². The molecule has 0 aliphatic heterocycles. The first-order chi connectivity index (χ1) is 8.67. The molecule has 2 N–H and O–H groups in total. The van der Waals surface area contributed by atoms with Gasteiger partial charge >= 0.3 is 0 Å². The van der Waals surface area contributed by atoms with Crippen molar-refractivity contribution in [2.75, 3.05) is 19.8 Å². The van der Waals surface area contributed by atoms with Gasteiger partial charge in [-0.05, 0) is 38.5 Å². The molecule has 102 valence electrons. The van der Waals surface area contributed by atoms with E-state index in [9.17, 15) is 0 Å². The van der Waals surface area contributed by atoms with Crippen molar-refractivity contribution in [1.82, 2.24) is 5.32 Å². The minimum Gasteiger partial charge on any atom is -0.490 e. The Morgan fingerprint density at radius 2 is 2.06 bits per heavy atom. The van der Waals surface area contributed by atoms with Crippen LogP contribution in [0.15, 0.2) is 18.2 Å². The fourth-order valence-corrected chi connectivity index (χ4v) is 1.59. The molecule has 1 rings (SSSR count). The van der Waals surface area contributed by atoms with Gasteiger partial charge in [-0.2, -0.15) is 0 Å². The zero-order chi connectivity index (χ0) is 13.4. The number of hydrogen-bond donors (Lipinski definition) is 2. The largest absolute Gasteiger partial charge is 0.490 e. The van der Waals surface area contributed by atoms with Gasteiger partial charge in [0.05, 0.1) is 19.3 Å². The third kappa shape index (κ3) is 4.94. The molecule has 0 spiro atoms. The summed E-state index contributed by atoms with van der Waals surface area (Å²) in [4.78, 5) is 0. The summed E-state index contributed by atoms with van der Waals surface area (Å²) in [5, 5.41) is 11.9. The quantitative estimate of drug-likeness (QED) is 0.695. The van der Waals surface area contributed by atoms with Crippen molar-refractivity contribution in [3.05, 3.63) is 23.8 Å². The molecule has 0 aliphatic rings. The van der Waals surface area contributed by atoms with Crippen LogP contribution in [0.1, 0.15) is 26.3 Å². The van der Waals surface area contributed by atoms with E-state index in [2.05, 4.69) is 5.32 Å². The maximum atomic E-state index is 8.72. The molecule has 0 aromatic heterocycles. The van der Waals surface area contributed by atoms with E-state index < -0.39 is 0 Å². The minimum atomic E-state index is 0.127. The number of aliphatic hydroxyl groups is 1. The van der Waals surface area contributed by atoms with Gasteiger partial charge in [0.2, 0.25) is 0 Å². The second-order valence-corrected chi connectivity index (χ2v) is 4.28. The van der Waals surface area contributed by atoms with Gasteiger partial charge in [0.15, 0.2) is 11.5 Å². The van der Waals surface area contributed by atoms with Gasteiger partial charge in [-0.3, -0.25) is 0 Å². The van der Waals surface area contributed by atoms with E-state index in [0.29, 0.717) is 19.7 Å². The highest BCUT2D eigenvalue weighted by Crippen LogP contribution is 2.29. The summed E-state index contributed by atoms with van der Waals surface area (Å²) in [5.74, 6) is 1.55. The molecule has 0 saturated carbocycles. The van der Waals surface area contributed by atoms with Gasteiger partial charge in [-0.1, -0.05) is 6.07 Å². The molecular formula is C14H23NO3. The van der Waals surface area contributed by atoms with E-state index >= 15 is 0 Å². The van der Waals surface area contributed by atoms with Crippen LogP contribution in [-0.2, 0) is 6.54 Å². The van der Waals surface area contributed by atoms with Crippen molar-refractivity contribution in [2.24, 2.45) is 0 Å². The molecule has 0 heterocycles. The maximum absolute atomic E-state index is 8.72. The molecule has 0 radical (unpaired) electrons. The Morgan fingerprint density at radius 3 is 2.67 bits per heavy atom. The molecule has 0 atom stereocenters. The Hall–Kier alpha value is -1.26. The third-order valence-corrected chi connectivity index (χ3v) is 2.29. The van der Waals surface area contributed by atoms with Crippen molar-refractivity contribution >= 4 is 0 Å². The topological polar surface area (TPSA) is 50.7 Å². The van der Waals surface area contributed by atoms with Gasteiger partial charge in [-0.25, -0.2) is 0 Å². The number of ether oxygens (including phenoxy) is 2. The van der Waals surface area contributed by atoms with E-state index in [0.717, 1.165) is 17.1 Å². The fraction of sp³-hybridized carbons (Fsp3) is 0.571. The van der Waals surface area contributed by atoms with E-state index in [1.54, 1.807) is 0 Å². The highest BCUT2D eigenvalue weighted by molar-refractivity contribution is 5.43. The number of hydrogen-bond acceptors (Lipinski definition) is 4. The van der Waals surface area contributed by atoms with E-state index in [-0.39, 0.29) is 12.7 Å². The van der Waals surface area contributed by atoms with Crippen molar-refractivity contribution < 1.29 is 14.6 Å². The normalized spacial score (nSPS) is 10.7. The van der Waals surface area contributed by atoms with Gasteiger partial charge in [-0.15, -0.1) is 0 Å². The Morgan fingerprint density at radius 1 is 1.28 bits per heavy atom. The standard InChI is InChI=1S/C14H23NO3/c1-4-17-14-9-12(10-15-7-8-16)5-6-13(14)18-11(2)3/h5-6,9,11,15-16H,4,7-8,10H2,1-3H3. The summed E-state index contributed by atoms with van der Waals surface area (Å²) in [6.45, 7) is 8.00. The van der Waals surface area contributed by atoms with E-state index in [1.807, 2.05) is 39.0 Å². The average molecular weight is 253 g/mol. The van der Waals surface area contributed by atoms with Crippen LogP contribution >= 0.6 is 0 Å². The first kappa shape index (κ1) is 14.8. The van der Waals surface area contributed by atoms with Crippen LogP contribution in [0.4, 0.5) is 0 Å². The summed E-state index contributed by atoms with van der Waals surface area (Å²) in [7, 11) is 0. The second-order valence-electron chi connectivity index (χ2n) is 4.28. The Balaban J connectivity index is 2.74. The van der Waals surface area contributed by atoms with Crippen molar-refractivity contribution in [3.8, 4) is 11.5 Å². The SMILES string of the molecule is CCOc1cc(CNCCO)ccc1OC(C)C. The van der Waals surface area contributed by atoms with Crippen LogP contribution in [-0.4, -0.2) is 31.0 Å². The Labute approximate surface area is 109 Å². The van der Waals surface area contributed by atoms with Crippen molar-refractivity contribution in [3.63, 3.8) is 0 Å². The molecule has 4 nitrogen and oxygen atoms in total. The molecule has 0 amide bonds. The molecule has 1 aromatic rings. The molecule has 18 heavy (non-hydrogen) atoms. The zero-order valence-electron chi connectivity index (χ0n) is 11.4. The third-order valence-electron chi connectivity index (χ3n) is 2.29. The average Bonchev–Trinajstić information content (AvgIpc) is 2.32. The molecular weight excluding hydrogens is 230 g/mol. The van der Waals surface area contributed by atoms with Crippen LogP contribution in [0.25, 0.3) is 0 Å². The Kier molecular flexibility index (Phi) is 6.54. The number of rotatable bonds is 8. The highest BCUT2D eigenvalue weighted by atomic mass is 16.5. The Bertz CT molecular complexity index is 353. The van der Waals surface area contributed by atoms with E-state index in [4.69, 9.17) is 14.6 Å². The fourth-order valence-electron chi connectivity index (χ4n) is 1.59. The number of nitrogens with one attached hydrogen (secondary N) is 1. The predicted octanol–water partition coefficient (Wildman–Crippen LogP) is 1.95. The monoisotopic (exact) mass is 253 g/mol. The zero-order valence-corrected chi connectivity index (χ0v) is 11.4. The maximum Gasteiger partial charge on any atom is 0.161 e. The first-order valence-corrected chi connectivity index (χ1v) is 6.41. The van der Waals surface area contributed by atoms with Crippen LogP contribution < -0.4 is 14.8 Å². The lowest BCUT2D eigenvalue weighted by Crippen LogP contribution is -2.17. The molecule has 0 aliphatic carbocycles. The minimum absolute atomic E-state index is 0.127. The molecule has 4 heteroatoms. The summed E-state index contributed by atoms with van der Waals surface area (Å²) in [6, 6.07) is 5.91. The molecule has 0 saturated heterocycles. The molecule has 0 fully saturated rings. The second kappa shape index (κ2) is 7.95. The van der Waals surface area contributed by atoms with Crippen LogP contribution in [0.3, 0.4) is 0 Å². The van der Waals surface area contributed by atoms with E-state index in [1.165, 1.54) is 0 Å². The lowest BCUT2D eigenvalue weighted by atomic mass is 10.2. The van der Waals surface area contributed by atoms with Crippen LogP contribution in [0.5, 0.6) is 11.5 Å². The van der Waals surface area contributed by atoms with Crippen molar-refractivity contribution in [1.29, 1.82) is 0 Å². The summed E-state index contributed by atoms with van der Waals surface area (Å²) >= 11 is 0. The molecule has 0 bridgehead atoms. The lowest BCUT2D eigenvalue weighted by molar-refractivity contribution is 0.223. The van der Waals surface area contributed by atoms with Gasteiger partial charge < -0.3 is 19.9 Å². The van der Waals surface area contributed by atoms with Gasteiger partial charge in [0.1, 0.15) is 0 Å². The van der Waals surface area contributed by atoms with Crippen LogP contribution in [0.2, 0.25) is 0 Å². The summed E-state index contributed by atoms with van der Waals surface area (Å²) in [6.07, 6.45) is 0.127. The van der Waals surface area contributed by atoms with Crippen molar-refractivity contribution in [2.45, 2.75) is 33.4 Å². The van der Waals surface area contributed by atoms with Crippen LogP contribution in [0, 0.1) is 0 Å². The smallest absolute Gasteiger partial charge is 0.161 e. The first-order valence-electron chi connectivity index (χ1n) is 6.41. The summed E-state index contributed by atoms with van der Waals surface area (Å²) < 4.78 is 11.3. The number of benzene rings is 1. The molecule has 1 aromatic carbocycles.